The van der Waals surface area contributed by atoms with E-state index in [1.54, 1.807) is 36.2 Å². The Hall–Kier alpha value is -2.83. The van der Waals surface area contributed by atoms with Crippen molar-refractivity contribution in [3.63, 3.8) is 0 Å². The van der Waals surface area contributed by atoms with Crippen molar-refractivity contribution < 1.29 is 14.6 Å². The molecule has 150 valence electrons. The van der Waals surface area contributed by atoms with Gasteiger partial charge >= 0.3 is 5.97 Å². The smallest absolute Gasteiger partial charge is 0.352 e. The number of nitrogens with zero attached hydrogens (tertiary/aromatic N) is 3. The summed E-state index contributed by atoms with van der Waals surface area (Å²) in [6, 6.07) is 12.7. The summed E-state index contributed by atoms with van der Waals surface area (Å²) >= 11 is 12.1. The number of carboxylic acid groups (broad SMARTS) is 1. The van der Waals surface area contributed by atoms with E-state index in [0.29, 0.717) is 21.5 Å². The minimum Gasteiger partial charge on any atom is -0.495 e. The summed E-state index contributed by atoms with van der Waals surface area (Å²) in [6.45, 7) is 1.92. The summed E-state index contributed by atoms with van der Waals surface area (Å²) in [4.78, 5) is 16.0. The molecule has 1 aliphatic rings. The molecule has 2 aromatic carbocycles. The quantitative estimate of drug-likeness (QED) is 0.656. The van der Waals surface area contributed by atoms with Gasteiger partial charge in [0.2, 0.25) is 0 Å². The third-order valence-corrected chi connectivity index (χ3v) is 4.90. The number of aliphatic carboxylic acids is 1. The standard InChI is InChI=1S/C21H19Cl2N3O3/c1-3-17(21(27)28)25-26-12-24-18(13-4-7-15(22)8-5-13)11-19(26)14-6-9-16(23)20(10-14)29-2/h4-11H,3,12H2,1-2H3,(H,27,28)/b25-17+. The second-order valence-electron chi connectivity index (χ2n) is 6.18. The van der Waals surface area contributed by atoms with Gasteiger partial charge in [0.25, 0.3) is 0 Å². The van der Waals surface area contributed by atoms with Gasteiger partial charge in [-0.05, 0) is 42.3 Å². The van der Waals surface area contributed by atoms with E-state index in [2.05, 4.69) is 10.1 Å². The van der Waals surface area contributed by atoms with E-state index in [9.17, 15) is 9.90 Å². The molecule has 3 rings (SSSR count). The van der Waals surface area contributed by atoms with Gasteiger partial charge in [0.1, 0.15) is 18.1 Å². The van der Waals surface area contributed by atoms with Gasteiger partial charge < -0.3 is 9.84 Å². The van der Waals surface area contributed by atoms with Gasteiger partial charge in [-0.15, -0.1) is 0 Å². The van der Waals surface area contributed by atoms with Crippen LogP contribution in [0.3, 0.4) is 0 Å². The van der Waals surface area contributed by atoms with Crippen LogP contribution in [0.1, 0.15) is 24.5 Å². The van der Waals surface area contributed by atoms with Gasteiger partial charge in [0.05, 0.1) is 23.5 Å². The van der Waals surface area contributed by atoms with Gasteiger partial charge in [-0.2, -0.15) is 5.10 Å². The average molecular weight is 432 g/mol. The molecule has 1 aliphatic heterocycles. The molecular weight excluding hydrogens is 413 g/mol. The van der Waals surface area contributed by atoms with Gasteiger partial charge in [0.15, 0.2) is 0 Å². The summed E-state index contributed by atoms with van der Waals surface area (Å²) in [5.41, 5.74) is 3.14. The van der Waals surface area contributed by atoms with E-state index in [1.807, 2.05) is 24.3 Å². The SMILES string of the molecule is CC/C(=N\N1CN=C(c2ccc(Cl)cc2)C=C1c1ccc(Cl)c(OC)c1)C(=O)O. The molecule has 0 spiro atoms. The highest BCUT2D eigenvalue weighted by Gasteiger charge is 2.21. The number of hydrogen-bond donors (Lipinski definition) is 1. The summed E-state index contributed by atoms with van der Waals surface area (Å²) < 4.78 is 5.32. The zero-order valence-corrected chi connectivity index (χ0v) is 17.4. The number of methoxy groups -OCH3 is 1. The number of rotatable bonds is 6. The molecule has 0 aliphatic carbocycles. The lowest BCUT2D eigenvalue weighted by atomic mass is 10.0. The fraction of sp³-hybridized carbons (Fsp3) is 0.190. The number of aliphatic imine (C=N–C) groups is 1. The number of allylic oxidation sites excluding steroid dienone is 1. The fourth-order valence-corrected chi connectivity index (χ4v) is 3.13. The molecule has 1 N–H and O–H groups in total. The molecule has 0 radical (unpaired) electrons. The van der Waals surface area contributed by atoms with E-state index >= 15 is 0 Å². The zero-order chi connectivity index (χ0) is 21.0. The normalized spacial score (nSPS) is 14.3. The molecule has 0 unspecified atom stereocenters. The molecule has 2 aromatic rings. The summed E-state index contributed by atoms with van der Waals surface area (Å²) in [6.07, 6.45) is 2.14. The topological polar surface area (TPSA) is 74.5 Å². The van der Waals surface area contributed by atoms with Crippen LogP contribution in [0, 0.1) is 0 Å². The molecule has 0 saturated carbocycles. The first-order valence-corrected chi connectivity index (χ1v) is 9.62. The van der Waals surface area contributed by atoms with Crippen LogP contribution < -0.4 is 4.74 Å². The van der Waals surface area contributed by atoms with Crippen LogP contribution in [0.15, 0.2) is 58.6 Å². The van der Waals surface area contributed by atoms with E-state index in [4.69, 9.17) is 27.9 Å². The lowest BCUT2D eigenvalue weighted by Gasteiger charge is -2.26. The van der Waals surface area contributed by atoms with Crippen molar-refractivity contribution in [2.45, 2.75) is 13.3 Å². The van der Waals surface area contributed by atoms with Crippen LogP contribution >= 0.6 is 23.2 Å². The first kappa shape index (κ1) is 20.9. The van der Waals surface area contributed by atoms with Gasteiger partial charge in [-0.1, -0.05) is 48.3 Å². The van der Waals surface area contributed by atoms with Gasteiger partial charge in [-0.25, -0.2) is 9.80 Å². The van der Waals surface area contributed by atoms with Crippen molar-refractivity contribution in [1.82, 2.24) is 5.01 Å². The maximum absolute atomic E-state index is 11.4. The number of halogens is 2. The average Bonchev–Trinajstić information content (AvgIpc) is 2.73. The van der Waals surface area contributed by atoms with Crippen molar-refractivity contribution in [2.75, 3.05) is 13.8 Å². The highest BCUT2D eigenvalue weighted by Crippen LogP contribution is 2.31. The van der Waals surface area contributed by atoms with Crippen molar-refractivity contribution in [2.24, 2.45) is 10.1 Å². The van der Waals surface area contributed by atoms with Crippen LogP contribution in [0.25, 0.3) is 5.70 Å². The number of ether oxygens (including phenoxy) is 1. The number of carboxylic acids is 1. The Morgan fingerprint density at radius 2 is 1.90 bits per heavy atom. The molecule has 0 fully saturated rings. The molecule has 8 heteroatoms. The lowest BCUT2D eigenvalue weighted by Crippen LogP contribution is -2.26. The van der Waals surface area contributed by atoms with Crippen molar-refractivity contribution >= 4 is 46.3 Å². The molecule has 0 amide bonds. The molecule has 6 nitrogen and oxygen atoms in total. The maximum Gasteiger partial charge on any atom is 0.352 e. The predicted molar refractivity (Wildman–Crippen MR) is 116 cm³/mol. The summed E-state index contributed by atoms with van der Waals surface area (Å²) in [5, 5.41) is 16.4. The Labute approximate surface area is 178 Å². The Bertz CT molecular complexity index is 1010. The third kappa shape index (κ3) is 4.78. The van der Waals surface area contributed by atoms with Gasteiger partial charge in [0, 0.05) is 10.6 Å². The molecule has 0 atom stereocenters. The number of hydrazone groups is 1. The van der Waals surface area contributed by atoms with E-state index in [0.717, 1.165) is 16.8 Å². The zero-order valence-electron chi connectivity index (χ0n) is 15.9. The Morgan fingerprint density at radius 3 is 2.52 bits per heavy atom. The van der Waals surface area contributed by atoms with Gasteiger partial charge in [-0.3, -0.25) is 4.99 Å². The minimum atomic E-state index is -1.06. The van der Waals surface area contributed by atoms with Crippen molar-refractivity contribution in [3.8, 4) is 5.75 Å². The van der Waals surface area contributed by atoms with Crippen molar-refractivity contribution in [1.29, 1.82) is 0 Å². The van der Waals surface area contributed by atoms with Crippen molar-refractivity contribution in [3.05, 3.63) is 69.7 Å². The molecule has 29 heavy (non-hydrogen) atoms. The minimum absolute atomic E-state index is 0.0435. The second kappa shape index (κ2) is 9.11. The van der Waals surface area contributed by atoms with E-state index in [1.165, 1.54) is 7.11 Å². The molecule has 0 saturated heterocycles. The predicted octanol–water partition coefficient (Wildman–Crippen LogP) is 4.96. The van der Waals surface area contributed by atoms with Crippen LogP contribution in [-0.4, -0.2) is 41.3 Å². The number of hydrogen-bond acceptors (Lipinski definition) is 5. The van der Waals surface area contributed by atoms with Crippen LogP contribution in [0.4, 0.5) is 0 Å². The third-order valence-electron chi connectivity index (χ3n) is 4.34. The first-order chi connectivity index (χ1) is 13.9. The largest absolute Gasteiger partial charge is 0.495 e. The van der Waals surface area contributed by atoms with Crippen LogP contribution in [0.2, 0.25) is 10.0 Å². The monoisotopic (exact) mass is 431 g/mol. The summed E-state index contributed by atoms with van der Waals surface area (Å²) in [7, 11) is 1.54. The van der Waals surface area contributed by atoms with Crippen LogP contribution in [0.5, 0.6) is 5.75 Å². The highest BCUT2D eigenvalue weighted by atomic mass is 35.5. The lowest BCUT2D eigenvalue weighted by molar-refractivity contribution is -0.129. The molecule has 1 heterocycles. The van der Waals surface area contributed by atoms with E-state index in [-0.39, 0.29) is 18.8 Å². The highest BCUT2D eigenvalue weighted by molar-refractivity contribution is 6.35. The van der Waals surface area contributed by atoms with E-state index < -0.39 is 5.97 Å². The molecule has 0 aromatic heterocycles. The van der Waals surface area contributed by atoms with Crippen LogP contribution in [-0.2, 0) is 4.79 Å². The number of benzene rings is 2. The first-order valence-electron chi connectivity index (χ1n) is 8.87. The Balaban J connectivity index is 2.09. The summed E-state index contributed by atoms with van der Waals surface area (Å²) in [5.74, 6) is -0.550. The fourth-order valence-electron chi connectivity index (χ4n) is 2.81. The second-order valence-corrected chi connectivity index (χ2v) is 7.02. The maximum atomic E-state index is 11.4. The Kier molecular flexibility index (Phi) is 6.56. The Morgan fingerprint density at radius 1 is 1.21 bits per heavy atom. The molecular formula is C21H19Cl2N3O3. The number of carbonyl (C=O) groups is 1. The molecule has 0 bridgehead atoms.